The lowest BCUT2D eigenvalue weighted by Gasteiger charge is -2.24. The molecule has 1 unspecified atom stereocenters. The quantitative estimate of drug-likeness (QED) is 0.638. The maximum atomic E-state index is 13.0. The van der Waals surface area contributed by atoms with Crippen LogP contribution >= 0.6 is 12.4 Å². The maximum absolute atomic E-state index is 13.0. The average molecular weight is 364 g/mol. The Balaban J connectivity index is 0.00000264. The summed E-state index contributed by atoms with van der Waals surface area (Å²) in [5.41, 5.74) is 0.830. The van der Waals surface area contributed by atoms with Crippen molar-refractivity contribution in [3.63, 3.8) is 0 Å². The Morgan fingerprint density at radius 1 is 1.39 bits per heavy atom. The van der Waals surface area contributed by atoms with Crippen molar-refractivity contribution < 1.29 is 13.3 Å². The summed E-state index contributed by atoms with van der Waals surface area (Å²) in [7, 11) is -2.12. The summed E-state index contributed by atoms with van der Waals surface area (Å²) in [6.45, 7) is 4.32. The van der Waals surface area contributed by atoms with Gasteiger partial charge in [-0.1, -0.05) is 6.07 Å². The number of aryl methyl sites for hydroxylation is 1. The third kappa shape index (κ3) is 3.65. The molecule has 1 fully saturated rings. The smallest absolute Gasteiger partial charge is 0.289 e. The molecular formula is C14H22ClN3O4S. The molecule has 1 aromatic rings. The van der Waals surface area contributed by atoms with Crippen molar-refractivity contribution >= 4 is 28.1 Å². The Bertz CT molecular complexity index is 694. The van der Waals surface area contributed by atoms with Gasteiger partial charge in [-0.3, -0.25) is 10.1 Å². The first-order valence-electron chi connectivity index (χ1n) is 7.21. The van der Waals surface area contributed by atoms with Gasteiger partial charge in [-0.05, 0) is 44.9 Å². The Labute approximate surface area is 142 Å². The van der Waals surface area contributed by atoms with Gasteiger partial charge in [-0.25, -0.2) is 8.42 Å². The van der Waals surface area contributed by atoms with Crippen LogP contribution in [0.4, 0.5) is 5.69 Å². The standard InChI is InChI=1S/C14H21N3O4S.ClH/c1-10-6-7-13(17(18)19)14(11(10)2)22(20,21)16-8-4-5-12(16)9-15-3;/h6-7,12,15H,4-5,8-9H2,1-3H3;1H. The Hall–Kier alpha value is -1.22. The van der Waals surface area contributed by atoms with E-state index < -0.39 is 14.9 Å². The van der Waals surface area contributed by atoms with Crippen LogP contribution in [0.15, 0.2) is 17.0 Å². The van der Waals surface area contributed by atoms with E-state index in [1.165, 1.54) is 10.4 Å². The van der Waals surface area contributed by atoms with E-state index in [-0.39, 0.29) is 29.0 Å². The number of hydrogen-bond donors (Lipinski definition) is 1. The van der Waals surface area contributed by atoms with Gasteiger partial charge in [0.1, 0.15) is 0 Å². The van der Waals surface area contributed by atoms with Gasteiger partial charge < -0.3 is 5.32 Å². The fourth-order valence-electron chi connectivity index (χ4n) is 2.93. The minimum atomic E-state index is -3.89. The second-order valence-corrected chi connectivity index (χ2v) is 7.41. The molecule has 9 heteroatoms. The highest BCUT2D eigenvalue weighted by molar-refractivity contribution is 7.89. The van der Waals surface area contributed by atoms with Crippen molar-refractivity contribution in [3.05, 3.63) is 33.4 Å². The van der Waals surface area contributed by atoms with Crippen LogP contribution in [0.1, 0.15) is 24.0 Å². The van der Waals surface area contributed by atoms with E-state index in [0.29, 0.717) is 18.7 Å². The lowest BCUT2D eigenvalue weighted by atomic mass is 10.1. The lowest BCUT2D eigenvalue weighted by molar-refractivity contribution is -0.388. The molecule has 1 atom stereocenters. The molecule has 1 aromatic carbocycles. The van der Waals surface area contributed by atoms with Gasteiger partial charge in [0.2, 0.25) is 10.0 Å². The van der Waals surface area contributed by atoms with E-state index in [0.717, 1.165) is 18.4 Å². The predicted octanol–water partition coefficient (Wildman–Crippen LogP) is 2.01. The molecule has 0 aromatic heterocycles. The molecule has 23 heavy (non-hydrogen) atoms. The average Bonchev–Trinajstić information content (AvgIpc) is 2.90. The maximum Gasteiger partial charge on any atom is 0.289 e. The molecule has 1 heterocycles. The number of nitrogens with zero attached hydrogens (tertiary/aromatic N) is 2. The first-order chi connectivity index (χ1) is 10.3. The number of sulfonamides is 1. The summed E-state index contributed by atoms with van der Waals surface area (Å²) in [6.07, 6.45) is 1.53. The largest absolute Gasteiger partial charge is 0.318 e. The van der Waals surface area contributed by atoms with Crippen LogP contribution in [0.3, 0.4) is 0 Å². The molecule has 0 aliphatic carbocycles. The SMILES string of the molecule is CNCC1CCCN1S(=O)(=O)c1c([N+](=O)[O-])ccc(C)c1C.Cl. The number of hydrogen-bond acceptors (Lipinski definition) is 5. The second kappa shape index (κ2) is 7.57. The zero-order valence-corrected chi connectivity index (χ0v) is 15.0. The Kier molecular flexibility index (Phi) is 6.52. The molecule has 7 nitrogen and oxygen atoms in total. The summed E-state index contributed by atoms with van der Waals surface area (Å²) < 4.78 is 27.4. The number of halogens is 1. The number of benzene rings is 1. The lowest BCUT2D eigenvalue weighted by Crippen LogP contribution is -2.41. The van der Waals surface area contributed by atoms with E-state index in [4.69, 9.17) is 0 Å². The summed E-state index contributed by atoms with van der Waals surface area (Å²) in [6, 6.07) is 2.70. The number of nitro benzene ring substituents is 1. The monoisotopic (exact) mass is 363 g/mol. The molecule has 0 amide bonds. The van der Waals surface area contributed by atoms with Crippen LogP contribution in [0.2, 0.25) is 0 Å². The predicted molar refractivity (Wildman–Crippen MR) is 90.7 cm³/mol. The number of nitrogens with one attached hydrogen (secondary N) is 1. The van der Waals surface area contributed by atoms with Crippen LogP contribution < -0.4 is 5.32 Å². The third-order valence-corrected chi connectivity index (χ3v) is 6.31. The zero-order chi connectivity index (χ0) is 16.5. The highest BCUT2D eigenvalue weighted by atomic mass is 35.5. The summed E-state index contributed by atoms with van der Waals surface area (Å²) in [4.78, 5) is 10.5. The second-order valence-electron chi connectivity index (χ2n) is 5.58. The molecule has 0 saturated carbocycles. The van der Waals surface area contributed by atoms with Gasteiger partial charge in [-0.15, -0.1) is 12.4 Å². The zero-order valence-electron chi connectivity index (χ0n) is 13.4. The summed E-state index contributed by atoms with van der Waals surface area (Å²) in [5.74, 6) is 0. The minimum absolute atomic E-state index is 0. The number of likely N-dealkylation sites (N-methyl/N-ethyl adjacent to an activating group) is 1. The highest BCUT2D eigenvalue weighted by Crippen LogP contribution is 2.34. The molecule has 2 rings (SSSR count). The molecule has 0 bridgehead atoms. The van der Waals surface area contributed by atoms with Crippen LogP contribution in [0.25, 0.3) is 0 Å². The highest BCUT2D eigenvalue weighted by Gasteiger charge is 2.39. The number of nitro groups is 1. The fourth-order valence-corrected chi connectivity index (χ4v) is 5.06. The molecule has 1 saturated heterocycles. The van der Waals surface area contributed by atoms with Crippen LogP contribution in [-0.4, -0.2) is 43.8 Å². The van der Waals surface area contributed by atoms with E-state index in [1.54, 1.807) is 27.0 Å². The molecule has 0 spiro atoms. The first kappa shape index (κ1) is 19.8. The van der Waals surface area contributed by atoms with Crippen molar-refractivity contribution in [2.75, 3.05) is 20.1 Å². The van der Waals surface area contributed by atoms with Crippen molar-refractivity contribution in [2.24, 2.45) is 0 Å². The summed E-state index contributed by atoms with van der Waals surface area (Å²) >= 11 is 0. The van der Waals surface area contributed by atoms with Crippen LogP contribution in [0.5, 0.6) is 0 Å². The summed E-state index contributed by atoms with van der Waals surface area (Å²) in [5, 5.41) is 14.3. The Morgan fingerprint density at radius 3 is 2.61 bits per heavy atom. The van der Waals surface area contributed by atoms with Gasteiger partial charge in [0, 0.05) is 25.2 Å². The van der Waals surface area contributed by atoms with Gasteiger partial charge in [0.05, 0.1) is 4.92 Å². The van der Waals surface area contributed by atoms with E-state index in [2.05, 4.69) is 5.32 Å². The molecule has 0 radical (unpaired) electrons. The molecule has 1 N–H and O–H groups in total. The minimum Gasteiger partial charge on any atom is -0.318 e. The van der Waals surface area contributed by atoms with Gasteiger partial charge in [0.15, 0.2) is 4.90 Å². The van der Waals surface area contributed by atoms with Crippen LogP contribution in [-0.2, 0) is 10.0 Å². The van der Waals surface area contributed by atoms with Gasteiger partial charge in [0.25, 0.3) is 5.69 Å². The van der Waals surface area contributed by atoms with Gasteiger partial charge >= 0.3 is 0 Å². The third-order valence-electron chi connectivity index (χ3n) is 4.18. The normalized spacial score (nSPS) is 18.7. The molecule has 1 aliphatic rings. The molecular weight excluding hydrogens is 342 g/mol. The first-order valence-corrected chi connectivity index (χ1v) is 8.65. The molecule has 130 valence electrons. The van der Waals surface area contributed by atoms with E-state index in [9.17, 15) is 18.5 Å². The van der Waals surface area contributed by atoms with Gasteiger partial charge in [-0.2, -0.15) is 4.31 Å². The van der Waals surface area contributed by atoms with E-state index in [1.807, 2.05) is 0 Å². The van der Waals surface area contributed by atoms with Crippen molar-refractivity contribution in [1.29, 1.82) is 0 Å². The van der Waals surface area contributed by atoms with Crippen LogP contribution in [0, 0.1) is 24.0 Å². The number of rotatable bonds is 5. The topological polar surface area (TPSA) is 92.6 Å². The van der Waals surface area contributed by atoms with Crippen molar-refractivity contribution in [1.82, 2.24) is 9.62 Å². The van der Waals surface area contributed by atoms with E-state index >= 15 is 0 Å². The van der Waals surface area contributed by atoms with Crippen molar-refractivity contribution in [3.8, 4) is 0 Å². The molecule has 1 aliphatic heterocycles. The van der Waals surface area contributed by atoms with Crippen molar-refractivity contribution in [2.45, 2.75) is 37.6 Å². The fraction of sp³-hybridized carbons (Fsp3) is 0.571. The Morgan fingerprint density at radius 2 is 2.04 bits per heavy atom.